The van der Waals surface area contributed by atoms with Gasteiger partial charge in [-0.2, -0.15) is 0 Å². The fraction of sp³-hybridized carbons (Fsp3) is 0.579. The van der Waals surface area contributed by atoms with Gasteiger partial charge in [0, 0.05) is 19.4 Å². The van der Waals surface area contributed by atoms with Gasteiger partial charge in [-0.15, -0.1) is 10.2 Å². The molecule has 0 saturated heterocycles. The highest BCUT2D eigenvalue weighted by Crippen LogP contribution is 2.27. The molecule has 0 unspecified atom stereocenters. The third-order valence-electron chi connectivity index (χ3n) is 3.99. The van der Waals surface area contributed by atoms with Crippen LogP contribution in [0.4, 0.5) is 0 Å². The van der Waals surface area contributed by atoms with E-state index in [0.29, 0.717) is 18.9 Å². The molecule has 1 atom stereocenters. The minimum absolute atomic E-state index is 0.109. The van der Waals surface area contributed by atoms with Gasteiger partial charge in [0.1, 0.15) is 18.7 Å². The number of ether oxygens (including phenoxy) is 2. The number of methoxy groups -OCH3 is 1. The summed E-state index contributed by atoms with van der Waals surface area (Å²) in [4.78, 5) is 0. The molecular formula is C19H29N3O3S. The van der Waals surface area contributed by atoms with Crippen LogP contribution < -0.4 is 4.74 Å². The number of rotatable bonds is 9. The van der Waals surface area contributed by atoms with E-state index in [4.69, 9.17) is 9.47 Å². The zero-order chi connectivity index (χ0) is 19.2. The van der Waals surface area contributed by atoms with Crippen molar-refractivity contribution < 1.29 is 14.6 Å². The summed E-state index contributed by atoms with van der Waals surface area (Å²) in [5.74, 6) is 1.30. The Hall–Kier alpha value is -1.57. The molecule has 1 aromatic heterocycles. The lowest BCUT2D eigenvalue weighted by molar-refractivity contribution is 0.126. The van der Waals surface area contributed by atoms with Gasteiger partial charge in [-0.1, -0.05) is 44.7 Å². The Morgan fingerprint density at radius 2 is 2.08 bits per heavy atom. The first-order valence-corrected chi connectivity index (χ1v) is 9.71. The molecule has 1 heterocycles. The monoisotopic (exact) mass is 379 g/mol. The van der Waals surface area contributed by atoms with Gasteiger partial charge < -0.3 is 19.1 Å². The van der Waals surface area contributed by atoms with Crippen molar-refractivity contribution in [3.05, 3.63) is 35.7 Å². The van der Waals surface area contributed by atoms with E-state index >= 15 is 0 Å². The molecule has 0 aliphatic rings. The van der Waals surface area contributed by atoms with Crippen LogP contribution >= 0.6 is 11.8 Å². The second kappa shape index (κ2) is 9.39. The molecular weight excluding hydrogens is 350 g/mol. The Kier molecular flexibility index (Phi) is 7.49. The highest BCUT2D eigenvalue weighted by atomic mass is 32.2. The van der Waals surface area contributed by atoms with Crippen LogP contribution in [0.15, 0.2) is 29.7 Å². The summed E-state index contributed by atoms with van der Waals surface area (Å²) in [5.41, 5.74) is 2.46. The number of nitrogens with zero attached hydrogens (tertiary/aromatic N) is 3. The van der Waals surface area contributed by atoms with E-state index in [2.05, 4.69) is 43.1 Å². The number of thioether (sulfide) groups is 1. The highest BCUT2D eigenvalue weighted by molar-refractivity contribution is 7.99. The van der Waals surface area contributed by atoms with Gasteiger partial charge in [-0.25, -0.2) is 0 Å². The van der Waals surface area contributed by atoms with Gasteiger partial charge in [-0.05, 0) is 29.5 Å². The topological polar surface area (TPSA) is 69.4 Å². The number of hydrogen-bond donors (Lipinski definition) is 1. The first-order valence-electron chi connectivity index (χ1n) is 8.73. The lowest BCUT2D eigenvalue weighted by Gasteiger charge is -2.21. The Bertz CT molecular complexity index is 698. The second-order valence-electron chi connectivity index (χ2n) is 7.31. The van der Waals surface area contributed by atoms with Crippen molar-refractivity contribution in [1.29, 1.82) is 0 Å². The van der Waals surface area contributed by atoms with Crippen LogP contribution in [0.3, 0.4) is 0 Å². The Balaban J connectivity index is 1.84. The normalized spacial score (nSPS) is 13.0. The Morgan fingerprint density at radius 1 is 1.31 bits per heavy atom. The summed E-state index contributed by atoms with van der Waals surface area (Å²) < 4.78 is 12.8. The molecule has 1 N–H and O–H groups in total. The van der Waals surface area contributed by atoms with E-state index in [-0.39, 0.29) is 12.0 Å². The fourth-order valence-corrected chi connectivity index (χ4v) is 3.23. The molecule has 0 aliphatic carbocycles. The summed E-state index contributed by atoms with van der Waals surface area (Å²) in [6.45, 7) is 10.1. The van der Waals surface area contributed by atoms with Crippen molar-refractivity contribution in [2.24, 2.45) is 0 Å². The van der Waals surface area contributed by atoms with Crippen molar-refractivity contribution in [3.8, 4) is 5.75 Å². The zero-order valence-electron chi connectivity index (χ0n) is 16.2. The average Bonchev–Trinajstić information content (AvgIpc) is 3.03. The van der Waals surface area contributed by atoms with Gasteiger partial charge in [0.25, 0.3) is 0 Å². The predicted molar refractivity (Wildman–Crippen MR) is 104 cm³/mol. The smallest absolute Gasteiger partial charge is 0.191 e. The van der Waals surface area contributed by atoms with Crippen molar-refractivity contribution in [1.82, 2.24) is 14.8 Å². The molecule has 144 valence electrons. The van der Waals surface area contributed by atoms with Crippen molar-refractivity contribution in [2.45, 2.75) is 50.9 Å². The van der Waals surface area contributed by atoms with Gasteiger partial charge >= 0.3 is 0 Å². The number of aliphatic hydroxyl groups is 1. The summed E-state index contributed by atoms with van der Waals surface area (Å²) in [6.07, 6.45) is 1.08. The number of hydrogen-bond acceptors (Lipinski definition) is 6. The van der Waals surface area contributed by atoms with Gasteiger partial charge in [0.2, 0.25) is 0 Å². The Labute approximate surface area is 159 Å². The predicted octanol–water partition coefficient (Wildman–Crippen LogP) is 3.06. The molecule has 2 rings (SSSR count). The molecule has 0 saturated carbocycles. The molecule has 0 spiro atoms. The molecule has 0 fully saturated rings. The number of benzene rings is 1. The molecule has 2 aromatic rings. The lowest BCUT2D eigenvalue weighted by atomic mass is 9.86. The van der Waals surface area contributed by atoms with E-state index in [9.17, 15) is 5.11 Å². The first-order chi connectivity index (χ1) is 12.3. The first kappa shape index (κ1) is 20.7. The molecule has 6 nitrogen and oxygen atoms in total. The quantitative estimate of drug-likeness (QED) is 0.675. The van der Waals surface area contributed by atoms with Gasteiger partial charge in [-0.3, -0.25) is 0 Å². The number of aryl methyl sites for hydroxylation is 1. The summed E-state index contributed by atoms with van der Waals surface area (Å²) in [5, 5.41) is 19.0. The molecule has 1 aromatic carbocycles. The van der Waals surface area contributed by atoms with Crippen LogP contribution in [-0.4, -0.2) is 52.1 Å². The minimum atomic E-state index is -0.589. The maximum atomic E-state index is 10.2. The van der Waals surface area contributed by atoms with Gasteiger partial charge in [0.15, 0.2) is 5.16 Å². The van der Waals surface area contributed by atoms with E-state index in [1.165, 1.54) is 17.3 Å². The fourth-order valence-electron chi connectivity index (χ4n) is 2.38. The van der Waals surface area contributed by atoms with Gasteiger partial charge in [0.05, 0.1) is 12.7 Å². The molecule has 0 aliphatic heterocycles. The summed E-state index contributed by atoms with van der Waals surface area (Å²) >= 11 is 1.46. The van der Waals surface area contributed by atoms with Crippen LogP contribution in [0.25, 0.3) is 0 Å². The summed E-state index contributed by atoms with van der Waals surface area (Å²) in [7, 11) is 1.66. The van der Waals surface area contributed by atoms with E-state index in [0.717, 1.165) is 16.5 Å². The highest BCUT2D eigenvalue weighted by Gasteiger charge is 2.15. The van der Waals surface area contributed by atoms with Crippen molar-refractivity contribution in [2.75, 3.05) is 26.1 Å². The third kappa shape index (κ3) is 6.00. The molecule has 7 heteroatoms. The SMILES string of the molecule is COCCn1cnnc1SC[C@H](O)COc1ccc(C(C)(C)C)cc1C. The third-order valence-corrected chi connectivity index (χ3v) is 5.12. The molecule has 26 heavy (non-hydrogen) atoms. The number of aliphatic hydroxyl groups excluding tert-OH is 1. The lowest BCUT2D eigenvalue weighted by Crippen LogP contribution is -2.21. The van der Waals surface area contributed by atoms with E-state index in [1.807, 2.05) is 17.6 Å². The maximum absolute atomic E-state index is 10.2. The Morgan fingerprint density at radius 3 is 2.73 bits per heavy atom. The molecule has 0 radical (unpaired) electrons. The standard InChI is InChI=1S/C19H29N3O3S/c1-14-10-15(19(2,3)4)6-7-17(14)25-11-16(23)12-26-18-21-20-13-22(18)8-9-24-5/h6-7,10,13,16,23H,8-9,11-12H2,1-5H3/t16-/m1/s1. The maximum Gasteiger partial charge on any atom is 0.191 e. The zero-order valence-corrected chi connectivity index (χ0v) is 17.0. The van der Waals surface area contributed by atoms with Crippen LogP contribution in [0, 0.1) is 6.92 Å². The van der Waals surface area contributed by atoms with E-state index < -0.39 is 6.10 Å². The average molecular weight is 380 g/mol. The van der Waals surface area contributed by atoms with Crippen LogP contribution in [0.5, 0.6) is 5.75 Å². The largest absolute Gasteiger partial charge is 0.491 e. The minimum Gasteiger partial charge on any atom is -0.491 e. The second-order valence-corrected chi connectivity index (χ2v) is 8.29. The molecule has 0 bridgehead atoms. The van der Waals surface area contributed by atoms with E-state index in [1.54, 1.807) is 13.4 Å². The number of aromatic nitrogens is 3. The van der Waals surface area contributed by atoms with Crippen molar-refractivity contribution >= 4 is 11.8 Å². The van der Waals surface area contributed by atoms with Crippen molar-refractivity contribution in [3.63, 3.8) is 0 Å². The van der Waals surface area contributed by atoms with Crippen LogP contribution in [0.1, 0.15) is 31.9 Å². The van der Waals surface area contributed by atoms with Crippen LogP contribution in [0.2, 0.25) is 0 Å². The molecule has 0 amide bonds. The summed E-state index contributed by atoms with van der Waals surface area (Å²) in [6, 6.07) is 6.22. The van der Waals surface area contributed by atoms with Crippen LogP contribution in [-0.2, 0) is 16.7 Å².